The summed E-state index contributed by atoms with van der Waals surface area (Å²) in [4.78, 5) is 63.1. The third-order valence-corrected chi connectivity index (χ3v) is 12.9. The van der Waals surface area contributed by atoms with Crippen molar-refractivity contribution in [3.8, 4) is 5.75 Å². The Bertz CT molecular complexity index is 2210. The quantitative estimate of drug-likeness (QED) is 0.170. The van der Waals surface area contributed by atoms with Crippen LogP contribution in [0.5, 0.6) is 5.75 Å². The number of phenolic OH excluding ortho intramolecular Hbond substituents is 1. The van der Waals surface area contributed by atoms with Crippen molar-refractivity contribution in [3.05, 3.63) is 155 Å². The summed E-state index contributed by atoms with van der Waals surface area (Å²) in [5.41, 5.74) is 2.56. The Morgan fingerprint density at radius 3 is 2.13 bits per heavy atom. The van der Waals surface area contributed by atoms with Crippen molar-refractivity contribution < 1.29 is 28.7 Å². The van der Waals surface area contributed by atoms with Crippen molar-refractivity contribution in [1.29, 1.82) is 0 Å². The van der Waals surface area contributed by atoms with Crippen molar-refractivity contribution in [2.24, 2.45) is 23.7 Å². The van der Waals surface area contributed by atoms with Crippen LogP contribution in [0.4, 0.5) is 4.39 Å². The molecular weight excluding hydrogens is 680 g/mol. The number of piperidine rings is 1. The Balaban J connectivity index is 1.13. The lowest BCUT2D eigenvalue weighted by Gasteiger charge is -2.55. The highest BCUT2D eigenvalue weighted by atomic mass is 19.1. The zero-order chi connectivity index (χ0) is 37.1. The number of imide groups is 1. The summed E-state index contributed by atoms with van der Waals surface area (Å²) in [6, 6.07) is 32.6. The molecule has 3 aliphatic carbocycles. The number of carbonyl (C=O) groups is 4. The third-order valence-electron chi connectivity index (χ3n) is 12.9. The largest absolute Gasteiger partial charge is 0.505 e. The van der Waals surface area contributed by atoms with Gasteiger partial charge in [-0.3, -0.25) is 29.0 Å². The van der Waals surface area contributed by atoms with E-state index in [4.69, 9.17) is 0 Å². The summed E-state index contributed by atoms with van der Waals surface area (Å²) < 4.78 is 15.4. The molecule has 3 fully saturated rings. The van der Waals surface area contributed by atoms with Crippen molar-refractivity contribution >= 4 is 29.0 Å². The minimum atomic E-state index is -1.45. The highest BCUT2D eigenvalue weighted by Gasteiger charge is 2.66. The molecule has 0 bridgehead atoms. The van der Waals surface area contributed by atoms with E-state index >= 15 is 14.0 Å². The number of likely N-dealkylation sites (tertiary alicyclic amines) is 2. The summed E-state index contributed by atoms with van der Waals surface area (Å²) in [7, 11) is 0. The summed E-state index contributed by atoms with van der Waals surface area (Å²) in [5, 5.41) is 10.3. The van der Waals surface area contributed by atoms with Crippen LogP contribution in [0.1, 0.15) is 53.9 Å². The molecule has 1 N–H and O–H groups in total. The number of ketones is 2. The molecule has 2 saturated heterocycles. The van der Waals surface area contributed by atoms with Crippen LogP contribution in [0.15, 0.2) is 127 Å². The number of phenols is 1. The van der Waals surface area contributed by atoms with Crippen molar-refractivity contribution in [1.82, 2.24) is 9.80 Å². The minimum absolute atomic E-state index is 0.162. The van der Waals surface area contributed by atoms with Crippen LogP contribution in [0.2, 0.25) is 0 Å². The standard InChI is InChI=1S/C46H41FN2O5/c47-38-24-30(16-19-39(38)50)42-33-17-18-34-41(45(54)49(44(34)53)32-20-22-48(23-21-32)27-28-10-4-1-5-11-28)36(33)25-37-43(52)35(29-12-6-2-7-13-29)26-40(51)46(37,42)31-14-8-3-9-15-31/h1-17,19,24,26,32,34,36-37,41-42,50H,18,20-23,25,27H2. The maximum absolute atomic E-state index is 15.4. The fraction of sp³-hybridized carbons (Fsp3) is 0.304. The molecule has 0 spiro atoms. The lowest BCUT2D eigenvalue weighted by atomic mass is 9.44. The maximum Gasteiger partial charge on any atom is 0.233 e. The lowest BCUT2D eigenvalue weighted by Crippen LogP contribution is -2.59. The van der Waals surface area contributed by atoms with Gasteiger partial charge in [0.25, 0.3) is 0 Å². The average Bonchev–Trinajstić information content (AvgIpc) is 3.46. The second kappa shape index (κ2) is 13.4. The first kappa shape index (κ1) is 34.3. The van der Waals surface area contributed by atoms with Crippen LogP contribution in [0.25, 0.3) is 5.57 Å². The van der Waals surface area contributed by atoms with Crippen LogP contribution in [0.3, 0.4) is 0 Å². The lowest BCUT2D eigenvalue weighted by molar-refractivity contribution is -0.144. The molecular formula is C46H41FN2O5. The van der Waals surface area contributed by atoms with Gasteiger partial charge in [0.15, 0.2) is 23.1 Å². The van der Waals surface area contributed by atoms with Gasteiger partial charge in [-0.1, -0.05) is 109 Å². The zero-order valence-electron chi connectivity index (χ0n) is 29.8. The molecule has 54 heavy (non-hydrogen) atoms. The number of Topliss-reactive ketones (excluding diaryl/α,β-unsaturated/α-hetero) is 1. The predicted octanol–water partition coefficient (Wildman–Crippen LogP) is 7.02. The number of rotatable bonds is 6. The molecule has 5 aliphatic rings. The molecule has 4 aromatic carbocycles. The molecule has 6 atom stereocenters. The van der Waals surface area contributed by atoms with Crippen LogP contribution in [0, 0.1) is 29.5 Å². The number of halogens is 1. The van der Waals surface area contributed by atoms with E-state index in [0.717, 1.165) is 25.2 Å². The van der Waals surface area contributed by atoms with Crippen LogP contribution >= 0.6 is 0 Å². The topological polar surface area (TPSA) is 95.0 Å². The van der Waals surface area contributed by atoms with Gasteiger partial charge in [-0.15, -0.1) is 0 Å². The third kappa shape index (κ3) is 5.33. The van der Waals surface area contributed by atoms with Crippen LogP contribution in [-0.2, 0) is 31.1 Å². The highest BCUT2D eigenvalue weighted by molar-refractivity contribution is 6.31. The van der Waals surface area contributed by atoms with E-state index in [2.05, 4.69) is 17.0 Å². The molecule has 0 radical (unpaired) electrons. The maximum atomic E-state index is 15.4. The number of allylic oxidation sites excluding steroid dienone is 4. The molecule has 2 heterocycles. The first-order valence-corrected chi connectivity index (χ1v) is 19.0. The van der Waals surface area contributed by atoms with E-state index in [-0.39, 0.29) is 35.8 Å². The fourth-order valence-electron chi connectivity index (χ4n) is 10.5. The molecule has 4 aromatic rings. The van der Waals surface area contributed by atoms with Gasteiger partial charge in [0.2, 0.25) is 11.8 Å². The molecule has 0 aromatic heterocycles. The summed E-state index contributed by atoms with van der Waals surface area (Å²) in [5.74, 6) is -5.76. The van der Waals surface area contributed by atoms with Gasteiger partial charge in [-0.2, -0.15) is 0 Å². The predicted molar refractivity (Wildman–Crippen MR) is 201 cm³/mol. The molecule has 8 heteroatoms. The molecule has 2 amide bonds. The van der Waals surface area contributed by atoms with Gasteiger partial charge in [-0.05, 0) is 72.1 Å². The number of aromatic hydroxyl groups is 1. The number of amides is 2. The van der Waals surface area contributed by atoms with E-state index < -0.39 is 46.6 Å². The monoisotopic (exact) mass is 720 g/mol. The van der Waals surface area contributed by atoms with Gasteiger partial charge < -0.3 is 5.11 Å². The molecule has 272 valence electrons. The Hall–Kier alpha value is -5.47. The minimum Gasteiger partial charge on any atom is -0.505 e. The van der Waals surface area contributed by atoms with Gasteiger partial charge in [-0.25, -0.2) is 4.39 Å². The molecule has 9 rings (SSSR count). The zero-order valence-corrected chi connectivity index (χ0v) is 29.8. The number of carbonyl (C=O) groups excluding carboxylic acids is 4. The average molecular weight is 721 g/mol. The fourth-order valence-corrected chi connectivity index (χ4v) is 10.5. The van der Waals surface area contributed by atoms with Gasteiger partial charge >= 0.3 is 0 Å². The molecule has 2 aliphatic heterocycles. The first-order chi connectivity index (χ1) is 26.3. The van der Waals surface area contributed by atoms with Gasteiger partial charge in [0, 0.05) is 43.1 Å². The summed E-state index contributed by atoms with van der Waals surface area (Å²) in [6.07, 6.45) is 5.31. The molecule has 7 nitrogen and oxygen atoms in total. The van der Waals surface area contributed by atoms with Gasteiger partial charge in [0.05, 0.1) is 17.3 Å². The highest BCUT2D eigenvalue weighted by Crippen LogP contribution is 2.64. The summed E-state index contributed by atoms with van der Waals surface area (Å²) >= 11 is 0. The number of fused-ring (bicyclic) bond motifs is 4. The first-order valence-electron chi connectivity index (χ1n) is 19.0. The van der Waals surface area contributed by atoms with Gasteiger partial charge in [0.1, 0.15) is 0 Å². The Morgan fingerprint density at radius 1 is 0.778 bits per heavy atom. The van der Waals surface area contributed by atoms with E-state index in [1.165, 1.54) is 28.7 Å². The number of nitrogens with zero attached hydrogens (tertiary/aromatic N) is 2. The van der Waals surface area contributed by atoms with Crippen LogP contribution < -0.4 is 0 Å². The van der Waals surface area contributed by atoms with Crippen molar-refractivity contribution in [3.63, 3.8) is 0 Å². The van der Waals surface area contributed by atoms with E-state index in [1.54, 1.807) is 6.07 Å². The second-order valence-corrected chi connectivity index (χ2v) is 15.5. The smallest absolute Gasteiger partial charge is 0.233 e. The van der Waals surface area contributed by atoms with E-state index in [9.17, 15) is 14.7 Å². The Morgan fingerprint density at radius 2 is 1.44 bits per heavy atom. The van der Waals surface area contributed by atoms with Crippen molar-refractivity contribution in [2.45, 2.75) is 49.6 Å². The van der Waals surface area contributed by atoms with Crippen molar-refractivity contribution in [2.75, 3.05) is 13.1 Å². The molecule has 6 unspecified atom stereocenters. The van der Waals surface area contributed by atoms with E-state index in [1.807, 2.05) is 84.9 Å². The number of hydrogen-bond acceptors (Lipinski definition) is 6. The number of hydrogen-bond donors (Lipinski definition) is 1. The Kier molecular flexibility index (Phi) is 8.53. The molecule has 1 saturated carbocycles. The Labute approximate surface area is 313 Å². The summed E-state index contributed by atoms with van der Waals surface area (Å²) in [6.45, 7) is 2.34. The van der Waals surface area contributed by atoms with E-state index in [0.29, 0.717) is 41.5 Å². The van der Waals surface area contributed by atoms with Crippen LogP contribution in [-0.4, -0.2) is 57.4 Å². The SMILES string of the molecule is O=C1C(c2ccccc2)=CC(=O)C2(c3ccccc3)C1CC1C(=CCC3C(=O)N(C4CCN(Cc5ccccc5)CC4)C(=O)C31)C2c1ccc(O)c(F)c1. The normalized spacial score (nSPS) is 28.6. The second-order valence-electron chi connectivity index (χ2n) is 15.5. The number of benzene rings is 4.